The van der Waals surface area contributed by atoms with E-state index in [-0.39, 0.29) is 0 Å². The van der Waals surface area contributed by atoms with Gasteiger partial charge in [-0.1, -0.05) is 6.42 Å². The molecule has 0 aromatic heterocycles. The molecule has 2 fully saturated rings. The van der Waals surface area contributed by atoms with E-state index in [2.05, 4.69) is 29.1 Å². The van der Waals surface area contributed by atoms with Crippen molar-refractivity contribution in [2.24, 2.45) is 5.92 Å². The largest absolute Gasteiger partial charge is 0.315 e. The van der Waals surface area contributed by atoms with Gasteiger partial charge < -0.3 is 10.2 Å². The molecule has 0 radical (unpaired) electrons. The molecule has 0 saturated carbocycles. The van der Waals surface area contributed by atoms with Crippen molar-refractivity contribution >= 4 is 0 Å². The normalized spacial score (nSPS) is 26.3. The van der Waals surface area contributed by atoms with Crippen LogP contribution in [0.1, 0.15) is 39.0 Å². The second-order valence-electron chi connectivity index (χ2n) is 6.35. The topological polar surface area (TPSA) is 18.5 Å². The highest BCUT2D eigenvalue weighted by Crippen LogP contribution is 2.15. The highest BCUT2D eigenvalue weighted by Gasteiger charge is 2.18. The SMILES string of the molecule is CC(CNCC1CCN(C)CC1)N1CCCCC1. The first-order chi connectivity index (χ1) is 8.75. The first-order valence-corrected chi connectivity index (χ1v) is 7.89. The van der Waals surface area contributed by atoms with Gasteiger partial charge in [0.2, 0.25) is 0 Å². The van der Waals surface area contributed by atoms with Gasteiger partial charge in [0, 0.05) is 12.6 Å². The molecular formula is C15H31N3. The Bertz CT molecular complexity index is 218. The average Bonchev–Trinajstić information content (AvgIpc) is 2.42. The van der Waals surface area contributed by atoms with E-state index < -0.39 is 0 Å². The predicted molar refractivity (Wildman–Crippen MR) is 78.0 cm³/mol. The lowest BCUT2D eigenvalue weighted by atomic mass is 9.97. The van der Waals surface area contributed by atoms with E-state index in [1.165, 1.54) is 71.4 Å². The van der Waals surface area contributed by atoms with E-state index in [1.807, 2.05) is 0 Å². The molecule has 2 heterocycles. The van der Waals surface area contributed by atoms with E-state index in [9.17, 15) is 0 Å². The molecule has 0 spiro atoms. The summed E-state index contributed by atoms with van der Waals surface area (Å²) in [5.74, 6) is 0.912. The summed E-state index contributed by atoms with van der Waals surface area (Å²) in [6.45, 7) is 9.99. The number of nitrogens with zero attached hydrogens (tertiary/aromatic N) is 2. The fourth-order valence-corrected chi connectivity index (χ4v) is 3.25. The summed E-state index contributed by atoms with van der Waals surface area (Å²) in [5, 5.41) is 3.71. The summed E-state index contributed by atoms with van der Waals surface area (Å²) in [6.07, 6.45) is 6.99. The maximum absolute atomic E-state index is 3.71. The zero-order chi connectivity index (χ0) is 12.8. The van der Waals surface area contributed by atoms with Crippen LogP contribution >= 0.6 is 0 Å². The Hall–Kier alpha value is -0.120. The Labute approximate surface area is 113 Å². The molecule has 0 aliphatic carbocycles. The minimum atomic E-state index is 0.719. The van der Waals surface area contributed by atoms with Crippen molar-refractivity contribution < 1.29 is 0 Å². The van der Waals surface area contributed by atoms with Gasteiger partial charge in [-0.2, -0.15) is 0 Å². The smallest absolute Gasteiger partial charge is 0.0192 e. The monoisotopic (exact) mass is 253 g/mol. The van der Waals surface area contributed by atoms with Crippen LogP contribution in [-0.2, 0) is 0 Å². The van der Waals surface area contributed by atoms with Crippen LogP contribution in [0.5, 0.6) is 0 Å². The minimum Gasteiger partial charge on any atom is -0.315 e. The molecule has 0 aromatic carbocycles. The highest BCUT2D eigenvalue weighted by atomic mass is 15.2. The van der Waals surface area contributed by atoms with Crippen LogP contribution in [-0.4, -0.2) is 62.2 Å². The fourth-order valence-electron chi connectivity index (χ4n) is 3.25. The lowest BCUT2D eigenvalue weighted by molar-refractivity contribution is 0.165. The van der Waals surface area contributed by atoms with Gasteiger partial charge in [0.25, 0.3) is 0 Å². The van der Waals surface area contributed by atoms with Gasteiger partial charge in [-0.05, 0) is 78.3 Å². The molecule has 0 amide bonds. The quantitative estimate of drug-likeness (QED) is 0.806. The number of hydrogen-bond donors (Lipinski definition) is 1. The molecule has 2 aliphatic rings. The molecule has 1 atom stereocenters. The van der Waals surface area contributed by atoms with Gasteiger partial charge in [-0.3, -0.25) is 4.90 Å². The number of likely N-dealkylation sites (tertiary alicyclic amines) is 2. The van der Waals surface area contributed by atoms with Crippen molar-refractivity contribution in [2.75, 3.05) is 46.3 Å². The summed E-state index contributed by atoms with van der Waals surface area (Å²) >= 11 is 0. The Morgan fingerprint density at radius 3 is 2.39 bits per heavy atom. The van der Waals surface area contributed by atoms with Gasteiger partial charge in [-0.15, -0.1) is 0 Å². The third-order valence-corrected chi connectivity index (χ3v) is 4.72. The Morgan fingerprint density at radius 2 is 1.72 bits per heavy atom. The zero-order valence-corrected chi connectivity index (χ0v) is 12.3. The molecule has 3 nitrogen and oxygen atoms in total. The van der Waals surface area contributed by atoms with Crippen LogP contribution in [0.15, 0.2) is 0 Å². The third-order valence-electron chi connectivity index (χ3n) is 4.72. The second-order valence-corrected chi connectivity index (χ2v) is 6.35. The number of nitrogens with one attached hydrogen (secondary N) is 1. The molecule has 2 aliphatic heterocycles. The molecule has 2 saturated heterocycles. The van der Waals surface area contributed by atoms with Crippen molar-refractivity contribution in [3.8, 4) is 0 Å². The summed E-state index contributed by atoms with van der Waals surface area (Å²) in [7, 11) is 2.24. The number of hydrogen-bond acceptors (Lipinski definition) is 3. The van der Waals surface area contributed by atoms with E-state index in [0.717, 1.165) is 12.0 Å². The lowest BCUT2D eigenvalue weighted by Crippen LogP contribution is -2.44. The molecule has 0 bridgehead atoms. The number of rotatable bonds is 5. The summed E-state index contributed by atoms with van der Waals surface area (Å²) in [6, 6.07) is 0.719. The molecule has 0 aromatic rings. The fraction of sp³-hybridized carbons (Fsp3) is 1.00. The van der Waals surface area contributed by atoms with Crippen LogP contribution < -0.4 is 5.32 Å². The van der Waals surface area contributed by atoms with Crippen molar-refractivity contribution in [3.63, 3.8) is 0 Å². The van der Waals surface area contributed by atoms with Crippen molar-refractivity contribution in [3.05, 3.63) is 0 Å². The Balaban J connectivity index is 1.56. The van der Waals surface area contributed by atoms with Crippen LogP contribution in [0.3, 0.4) is 0 Å². The van der Waals surface area contributed by atoms with Crippen LogP contribution in [0.2, 0.25) is 0 Å². The zero-order valence-electron chi connectivity index (χ0n) is 12.3. The molecule has 1 unspecified atom stereocenters. The van der Waals surface area contributed by atoms with Gasteiger partial charge in [0.05, 0.1) is 0 Å². The van der Waals surface area contributed by atoms with Gasteiger partial charge in [-0.25, -0.2) is 0 Å². The van der Waals surface area contributed by atoms with E-state index in [4.69, 9.17) is 0 Å². The van der Waals surface area contributed by atoms with Gasteiger partial charge >= 0.3 is 0 Å². The van der Waals surface area contributed by atoms with Crippen molar-refractivity contribution in [1.29, 1.82) is 0 Å². The first kappa shape index (κ1) is 14.3. The predicted octanol–water partition coefficient (Wildman–Crippen LogP) is 1.79. The molecule has 106 valence electrons. The Kier molecular flexibility index (Phi) is 5.93. The molecule has 2 rings (SSSR count). The third kappa shape index (κ3) is 4.52. The summed E-state index contributed by atoms with van der Waals surface area (Å²) in [5.41, 5.74) is 0. The van der Waals surface area contributed by atoms with Crippen LogP contribution in [0.4, 0.5) is 0 Å². The second kappa shape index (κ2) is 7.46. The standard InChI is InChI=1S/C15H31N3/c1-14(18-8-4-3-5-9-18)12-16-13-15-6-10-17(2)11-7-15/h14-16H,3-13H2,1-2H3. The molecule has 18 heavy (non-hydrogen) atoms. The van der Waals surface area contributed by atoms with Crippen molar-refractivity contribution in [1.82, 2.24) is 15.1 Å². The van der Waals surface area contributed by atoms with E-state index >= 15 is 0 Å². The van der Waals surface area contributed by atoms with Crippen LogP contribution in [0, 0.1) is 5.92 Å². The van der Waals surface area contributed by atoms with E-state index in [1.54, 1.807) is 0 Å². The van der Waals surface area contributed by atoms with Crippen molar-refractivity contribution in [2.45, 2.75) is 45.1 Å². The first-order valence-electron chi connectivity index (χ1n) is 7.89. The lowest BCUT2D eigenvalue weighted by Gasteiger charge is -2.33. The Morgan fingerprint density at radius 1 is 1.06 bits per heavy atom. The van der Waals surface area contributed by atoms with E-state index in [0.29, 0.717) is 0 Å². The molecular weight excluding hydrogens is 222 g/mol. The van der Waals surface area contributed by atoms with Gasteiger partial charge in [0.1, 0.15) is 0 Å². The number of piperidine rings is 2. The summed E-state index contributed by atoms with van der Waals surface area (Å²) < 4.78 is 0. The summed E-state index contributed by atoms with van der Waals surface area (Å²) in [4.78, 5) is 5.11. The highest BCUT2D eigenvalue weighted by molar-refractivity contribution is 4.76. The maximum atomic E-state index is 3.71. The van der Waals surface area contributed by atoms with Crippen LogP contribution in [0.25, 0.3) is 0 Å². The van der Waals surface area contributed by atoms with Gasteiger partial charge in [0.15, 0.2) is 0 Å². The average molecular weight is 253 g/mol. The molecule has 3 heteroatoms. The maximum Gasteiger partial charge on any atom is 0.0192 e. The minimum absolute atomic E-state index is 0.719. The molecule has 1 N–H and O–H groups in total.